The van der Waals surface area contributed by atoms with Crippen LogP contribution in [-0.4, -0.2) is 27.6 Å². The maximum Gasteiger partial charge on any atom is 0.263 e. The van der Waals surface area contributed by atoms with E-state index in [1.54, 1.807) is 0 Å². The molecule has 1 saturated heterocycles. The van der Waals surface area contributed by atoms with Crippen molar-refractivity contribution >= 4 is 0 Å². The Morgan fingerprint density at radius 2 is 1.96 bits per heavy atom. The summed E-state index contributed by atoms with van der Waals surface area (Å²) in [5, 5.41) is 13.1. The Morgan fingerprint density at radius 1 is 1.22 bits per heavy atom. The van der Waals surface area contributed by atoms with Crippen LogP contribution in [0.15, 0.2) is 46.5 Å². The smallest absolute Gasteiger partial charge is 0.263 e. The number of hydrogen-bond acceptors (Lipinski definition) is 5. The molecule has 0 amide bonds. The molecule has 0 radical (unpaired) electrons. The molecule has 1 aliphatic carbocycles. The lowest BCUT2D eigenvalue weighted by Crippen LogP contribution is -2.05. The summed E-state index contributed by atoms with van der Waals surface area (Å²) in [5.41, 5.74) is 0.500. The van der Waals surface area contributed by atoms with E-state index >= 15 is 0 Å². The number of aliphatic hydroxyl groups excluding tert-OH is 1. The highest BCUT2D eigenvalue weighted by atomic mass is 19.1. The van der Waals surface area contributed by atoms with Gasteiger partial charge in [-0.25, -0.2) is 8.78 Å². The number of aromatic nitrogens is 2. The highest BCUT2D eigenvalue weighted by Gasteiger charge is 2.40. The normalized spacial score (nSPS) is 26.2. The number of ether oxygens (including phenoxy) is 1. The second-order valence-electron chi connectivity index (χ2n) is 5.41. The van der Waals surface area contributed by atoms with Gasteiger partial charge in [-0.05, 0) is 24.1 Å². The molecule has 2 aromatic rings. The van der Waals surface area contributed by atoms with Crippen molar-refractivity contribution in [3.8, 4) is 11.5 Å². The van der Waals surface area contributed by atoms with Gasteiger partial charge in [0.15, 0.2) is 12.1 Å². The Morgan fingerprint density at radius 3 is 2.65 bits per heavy atom. The number of allylic oxidation sites excluding steroid dienone is 2. The molecule has 5 nitrogen and oxygen atoms in total. The monoisotopic (exact) mass is 318 g/mol. The first kappa shape index (κ1) is 14.2. The number of epoxide rings is 1. The molecule has 2 heterocycles. The lowest BCUT2D eigenvalue weighted by molar-refractivity contribution is 0.156. The fourth-order valence-electron chi connectivity index (χ4n) is 2.61. The summed E-state index contributed by atoms with van der Waals surface area (Å²) in [5.74, 6) is -1.56. The Kier molecular flexibility index (Phi) is 3.32. The quantitative estimate of drug-likeness (QED) is 0.881. The Balaban J connectivity index is 1.64. The van der Waals surface area contributed by atoms with E-state index < -0.39 is 17.9 Å². The summed E-state index contributed by atoms with van der Waals surface area (Å²) in [6, 6.07) is 3.54. The predicted octanol–water partition coefficient (Wildman–Crippen LogP) is 2.70. The second kappa shape index (κ2) is 5.36. The minimum absolute atomic E-state index is 0.192. The van der Waals surface area contributed by atoms with Crippen LogP contribution < -0.4 is 0 Å². The molecule has 3 unspecified atom stereocenters. The van der Waals surface area contributed by atoms with Gasteiger partial charge in [-0.1, -0.05) is 29.5 Å². The van der Waals surface area contributed by atoms with Crippen molar-refractivity contribution in [2.75, 3.05) is 0 Å². The van der Waals surface area contributed by atoms with Crippen LogP contribution in [0.25, 0.3) is 11.5 Å². The number of benzene rings is 1. The largest absolute Gasteiger partial charge is 0.366 e. The van der Waals surface area contributed by atoms with Crippen LogP contribution in [0.2, 0.25) is 0 Å². The summed E-state index contributed by atoms with van der Waals surface area (Å²) in [6.07, 6.45) is 5.17. The van der Waals surface area contributed by atoms with Crippen molar-refractivity contribution in [3.63, 3.8) is 0 Å². The average Bonchev–Trinajstić information content (AvgIpc) is 3.08. The minimum atomic E-state index is -0.780. The van der Waals surface area contributed by atoms with Crippen molar-refractivity contribution in [1.82, 2.24) is 10.1 Å². The van der Waals surface area contributed by atoms with Gasteiger partial charge in [0.2, 0.25) is 0 Å². The van der Waals surface area contributed by atoms with Crippen LogP contribution >= 0.6 is 0 Å². The molecule has 2 aliphatic rings. The zero-order chi connectivity index (χ0) is 16.0. The van der Waals surface area contributed by atoms with Gasteiger partial charge in [0, 0.05) is 5.92 Å². The Hall–Kier alpha value is -2.38. The summed E-state index contributed by atoms with van der Waals surface area (Å²) in [4.78, 5) is 4.12. The molecule has 1 aliphatic heterocycles. The zero-order valence-electron chi connectivity index (χ0n) is 11.8. The van der Waals surface area contributed by atoms with Crippen molar-refractivity contribution < 1.29 is 23.1 Å². The predicted molar refractivity (Wildman–Crippen MR) is 75.1 cm³/mol. The molecule has 0 saturated carbocycles. The van der Waals surface area contributed by atoms with E-state index in [1.807, 2.05) is 18.2 Å². The lowest BCUT2D eigenvalue weighted by atomic mass is 9.94. The van der Waals surface area contributed by atoms with E-state index in [4.69, 9.17) is 9.26 Å². The van der Waals surface area contributed by atoms with Crippen molar-refractivity contribution in [2.45, 2.75) is 24.7 Å². The highest BCUT2D eigenvalue weighted by Crippen LogP contribution is 2.35. The van der Waals surface area contributed by atoms with Crippen LogP contribution in [0.3, 0.4) is 0 Å². The van der Waals surface area contributed by atoms with E-state index in [2.05, 4.69) is 10.1 Å². The Bertz CT molecular complexity index is 795. The fourth-order valence-corrected chi connectivity index (χ4v) is 2.61. The molecule has 0 spiro atoms. The first-order valence-electron chi connectivity index (χ1n) is 7.13. The van der Waals surface area contributed by atoms with Gasteiger partial charge < -0.3 is 14.4 Å². The molecule has 1 fully saturated rings. The van der Waals surface area contributed by atoms with Gasteiger partial charge in [0.25, 0.3) is 5.89 Å². The van der Waals surface area contributed by atoms with E-state index in [9.17, 15) is 13.9 Å². The topological polar surface area (TPSA) is 71.7 Å². The molecule has 7 heteroatoms. The van der Waals surface area contributed by atoms with Crippen LogP contribution in [0.4, 0.5) is 8.78 Å². The third-order valence-corrected chi connectivity index (χ3v) is 3.84. The Labute approximate surface area is 129 Å². The standard InChI is InChI=1S/C16H12F2N2O3/c17-10-5-2-6-11(18)12(10)15-19-14(20-23-15)9-4-1-3-8(7-9)13-16(21)22-13/h1-3,5-7,9,13,16,21H,4H2. The van der Waals surface area contributed by atoms with Gasteiger partial charge in [-0.2, -0.15) is 4.98 Å². The molecule has 1 aromatic heterocycles. The number of halogens is 2. The van der Waals surface area contributed by atoms with Crippen LogP contribution in [-0.2, 0) is 4.74 Å². The van der Waals surface area contributed by atoms with Gasteiger partial charge in [-0.3, -0.25) is 0 Å². The molecular weight excluding hydrogens is 306 g/mol. The molecule has 3 atom stereocenters. The maximum atomic E-state index is 13.8. The van der Waals surface area contributed by atoms with Gasteiger partial charge >= 0.3 is 0 Å². The molecule has 1 N–H and O–H groups in total. The number of aliphatic hydroxyl groups is 1. The third kappa shape index (κ3) is 2.58. The van der Waals surface area contributed by atoms with Gasteiger partial charge in [-0.15, -0.1) is 0 Å². The number of hydrogen-bond donors (Lipinski definition) is 1. The van der Waals surface area contributed by atoms with Crippen molar-refractivity contribution in [3.05, 3.63) is 59.5 Å². The second-order valence-corrected chi connectivity index (χ2v) is 5.41. The van der Waals surface area contributed by atoms with Crippen LogP contribution in [0.5, 0.6) is 0 Å². The molecule has 1 aromatic carbocycles. The molecule has 118 valence electrons. The summed E-state index contributed by atoms with van der Waals surface area (Å²) >= 11 is 0. The maximum absolute atomic E-state index is 13.8. The van der Waals surface area contributed by atoms with Crippen LogP contribution in [0.1, 0.15) is 18.2 Å². The van der Waals surface area contributed by atoms with Crippen molar-refractivity contribution in [2.24, 2.45) is 0 Å². The summed E-state index contributed by atoms with van der Waals surface area (Å²) in [6.45, 7) is 0. The number of rotatable bonds is 3. The van der Waals surface area contributed by atoms with E-state index in [1.165, 1.54) is 6.07 Å². The lowest BCUT2D eigenvalue weighted by Gasteiger charge is -2.11. The zero-order valence-corrected chi connectivity index (χ0v) is 11.8. The van der Waals surface area contributed by atoms with Crippen molar-refractivity contribution in [1.29, 1.82) is 0 Å². The molecular formula is C16H12F2N2O3. The van der Waals surface area contributed by atoms with E-state index in [0.29, 0.717) is 12.2 Å². The summed E-state index contributed by atoms with van der Waals surface area (Å²) < 4.78 is 37.6. The average molecular weight is 318 g/mol. The van der Waals surface area contributed by atoms with E-state index in [-0.39, 0.29) is 23.5 Å². The molecule has 23 heavy (non-hydrogen) atoms. The molecule has 0 bridgehead atoms. The first-order valence-corrected chi connectivity index (χ1v) is 7.13. The highest BCUT2D eigenvalue weighted by molar-refractivity contribution is 5.54. The first-order chi connectivity index (χ1) is 11.1. The van der Waals surface area contributed by atoms with E-state index in [0.717, 1.165) is 17.7 Å². The summed E-state index contributed by atoms with van der Waals surface area (Å²) in [7, 11) is 0. The van der Waals surface area contributed by atoms with Crippen LogP contribution in [0, 0.1) is 11.6 Å². The third-order valence-electron chi connectivity index (χ3n) is 3.84. The van der Waals surface area contributed by atoms with Gasteiger partial charge in [0.1, 0.15) is 23.3 Å². The fraction of sp³-hybridized carbons (Fsp3) is 0.250. The molecule has 4 rings (SSSR count). The van der Waals surface area contributed by atoms with Gasteiger partial charge in [0.05, 0.1) is 0 Å². The SMILES string of the molecule is OC1OC1C1=CC(c2noc(-c3c(F)cccc3F)n2)CC=C1. The minimum Gasteiger partial charge on any atom is -0.366 e. The number of nitrogens with zero attached hydrogens (tertiary/aromatic N) is 2.